The van der Waals surface area contributed by atoms with Crippen LogP contribution in [-0.2, 0) is 0 Å². The van der Waals surface area contributed by atoms with E-state index in [1.54, 1.807) is 17.5 Å². The molecule has 3 aromatic heterocycles. The number of carbonyl (C=O) groups is 1. The Hall–Kier alpha value is -2.54. The van der Waals surface area contributed by atoms with Gasteiger partial charge in [-0.25, -0.2) is 4.98 Å². The van der Waals surface area contributed by atoms with Crippen molar-refractivity contribution in [2.75, 3.05) is 18.0 Å². The fraction of sp³-hybridized carbons (Fsp3) is 0.294. The minimum atomic E-state index is -0.161. The van der Waals surface area contributed by atoms with E-state index in [2.05, 4.69) is 36.6 Å². The van der Waals surface area contributed by atoms with Crippen LogP contribution in [0.2, 0.25) is 0 Å². The van der Waals surface area contributed by atoms with E-state index in [0.29, 0.717) is 5.69 Å². The highest BCUT2D eigenvalue weighted by atomic mass is 32.1. The Labute approximate surface area is 143 Å². The lowest BCUT2D eigenvalue weighted by Crippen LogP contribution is -2.48. The number of rotatable bonds is 3. The van der Waals surface area contributed by atoms with Crippen molar-refractivity contribution >= 4 is 33.1 Å². The van der Waals surface area contributed by atoms with Crippen molar-refractivity contribution in [2.24, 2.45) is 0 Å². The highest BCUT2D eigenvalue weighted by Gasteiger charge is 2.23. The van der Waals surface area contributed by atoms with Crippen LogP contribution in [-0.4, -0.2) is 40.0 Å². The third-order valence-corrected chi connectivity index (χ3v) is 5.14. The number of anilines is 1. The maximum Gasteiger partial charge on any atom is 0.271 e. The molecule has 0 aliphatic carbocycles. The summed E-state index contributed by atoms with van der Waals surface area (Å²) in [6.45, 7) is 1.79. The molecule has 3 aromatic rings. The lowest BCUT2D eigenvalue weighted by atomic mass is 10.0. The Balaban J connectivity index is 1.50. The standard InChI is InChI=1S/C17H17N5OS/c23-17(14-10-18-6-7-20-14)21-12-2-1-8-22(11-12)15-3-5-19-13-4-9-24-16(13)15/h3-7,9-10,12H,1-2,8,11H2,(H,21,23). The molecule has 1 aliphatic rings. The van der Waals surface area contributed by atoms with Gasteiger partial charge in [0.15, 0.2) is 0 Å². The fourth-order valence-corrected chi connectivity index (χ4v) is 3.99. The van der Waals surface area contributed by atoms with Gasteiger partial charge in [-0.2, -0.15) is 0 Å². The zero-order valence-corrected chi connectivity index (χ0v) is 13.9. The third kappa shape index (κ3) is 2.94. The van der Waals surface area contributed by atoms with Crippen LogP contribution in [0, 0.1) is 0 Å². The van der Waals surface area contributed by atoms with Crippen LogP contribution < -0.4 is 10.2 Å². The first-order valence-corrected chi connectivity index (χ1v) is 8.83. The van der Waals surface area contributed by atoms with Gasteiger partial charge in [-0.15, -0.1) is 11.3 Å². The number of carbonyl (C=O) groups excluding carboxylic acids is 1. The van der Waals surface area contributed by atoms with E-state index in [1.807, 2.05) is 12.3 Å². The molecule has 7 heteroatoms. The monoisotopic (exact) mass is 339 g/mol. The molecule has 1 unspecified atom stereocenters. The summed E-state index contributed by atoms with van der Waals surface area (Å²) in [5, 5.41) is 5.15. The van der Waals surface area contributed by atoms with Gasteiger partial charge in [0.25, 0.3) is 5.91 Å². The molecule has 1 saturated heterocycles. The van der Waals surface area contributed by atoms with Gasteiger partial charge in [-0.05, 0) is 30.4 Å². The van der Waals surface area contributed by atoms with Crippen LogP contribution in [0.4, 0.5) is 5.69 Å². The molecule has 122 valence electrons. The molecule has 1 aliphatic heterocycles. The zero-order valence-electron chi connectivity index (χ0n) is 13.1. The van der Waals surface area contributed by atoms with Crippen molar-refractivity contribution in [1.29, 1.82) is 0 Å². The molecule has 4 rings (SSSR count). The molecule has 0 aromatic carbocycles. The van der Waals surface area contributed by atoms with Gasteiger partial charge in [0, 0.05) is 37.7 Å². The summed E-state index contributed by atoms with van der Waals surface area (Å²) < 4.78 is 1.21. The maximum absolute atomic E-state index is 12.3. The second-order valence-electron chi connectivity index (χ2n) is 5.81. The molecule has 1 amide bonds. The van der Waals surface area contributed by atoms with Crippen LogP contribution in [0.3, 0.4) is 0 Å². The fourth-order valence-electron chi connectivity index (χ4n) is 3.10. The second kappa shape index (κ2) is 6.52. The average molecular weight is 339 g/mol. The van der Waals surface area contributed by atoms with Gasteiger partial charge in [-0.3, -0.25) is 14.8 Å². The van der Waals surface area contributed by atoms with E-state index >= 15 is 0 Å². The van der Waals surface area contributed by atoms with Crippen molar-refractivity contribution in [3.8, 4) is 0 Å². The van der Waals surface area contributed by atoms with Gasteiger partial charge in [-0.1, -0.05) is 0 Å². The minimum absolute atomic E-state index is 0.108. The van der Waals surface area contributed by atoms with Crippen LogP contribution in [0.15, 0.2) is 42.3 Å². The molecule has 1 fully saturated rings. The molecular formula is C17H17N5OS. The highest BCUT2D eigenvalue weighted by Crippen LogP contribution is 2.31. The first-order valence-electron chi connectivity index (χ1n) is 7.95. The largest absolute Gasteiger partial charge is 0.368 e. The summed E-state index contributed by atoms with van der Waals surface area (Å²) in [6.07, 6.45) is 8.46. The van der Waals surface area contributed by atoms with E-state index in [9.17, 15) is 4.79 Å². The van der Waals surface area contributed by atoms with Crippen LogP contribution in [0.1, 0.15) is 23.3 Å². The van der Waals surface area contributed by atoms with Crippen molar-refractivity contribution in [3.05, 3.63) is 48.0 Å². The molecule has 24 heavy (non-hydrogen) atoms. The number of thiophene rings is 1. The number of hydrogen-bond acceptors (Lipinski definition) is 6. The van der Waals surface area contributed by atoms with E-state index in [1.165, 1.54) is 22.8 Å². The number of nitrogens with one attached hydrogen (secondary N) is 1. The summed E-state index contributed by atoms with van der Waals surface area (Å²) in [4.78, 5) is 27.0. The number of aromatic nitrogens is 3. The first kappa shape index (κ1) is 15.0. The maximum atomic E-state index is 12.3. The molecule has 0 bridgehead atoms. The molecule has 1 N–H and O–H groups in total. The van der Waals surface area contributed by atoms with Crippen molar-refractivity contribution in [2.45, 2.75) is 18.9 Å². The SMILES string of the molecule is O=C(NC1CCCN(c2ccnc3ccsc23)C1)c1cnccn1. The van der Waals surface area contributed by atoms with E-state index in [-0.39, 0.29) is 11.9 Å². The molecule has 6 nitrogen and oxygen atoms in total. The number of fused-ring (bicyclic) bond motifs is 1. The van der Waals surface area contributed by atoms with Crippen molar-refractivity contribution in [1.82, 2.24) is 20.3 Å². The van der Waals surface area contributed by atoms with Crippen LogP contribution in [0.25, 0.3) is 10.2 Å². The average Bonchev–Trinajstić information content (AvgIpc) is 3.11. The van der Waals surface area contributed by atoms with Gasteiger partial charge in [0.05, 0.1) is 22.1 Å². The van der Waals surface area contributed by atoms with E-state index < -0.39 is 0 Å². The lowest BCUT2D eigenvalue weighted by molar-refractivity contribution is 0.0927. The van der Waals surface area contributed by atoms with Gasteiger partial charge in [0.2, 0.25) is 0 Å². The summed E-state index contributed by atoms with van der Waals surface area (Å²) in [5.74, 6) is -0.161. The quantitative estimate of drug-likeness (QED) is 0.794. The number of amides is 1. The topological polar surface area (TPSA) is 71.0 Å². The minimum Gasteiger partial charge on any atom is -0.368 e. The summed E-state index contributed by atoms with van der Waals surface area (Å²) >= 11 is 1.71. The predicted molar refractivity (Wildman–Crippen MR) is 94.4 cm³/mol. The van der Waals surface area contributed by atoms with Crippen LogP contribution >= 0.6 is 11.3 Å². The lowest BCUT2D eigenvalue weighted by Gasteiger charge is -2.34. The second-order valence-corrected chi connectivity index (χ2v) is 6.73. The summed E-state index contributed by atoms with van der Waals surface area (Å²) in [5.41, 5.74) is 2.59. The Bertz CT molecular complexity index is 850. The number of piperidine rings is 1. The van der Waals surface area contributed by atoms with Gasteiger partial charge < -0.3 is 10.2 Å². The number of nitrogens with zero attached hydrogens (tertiary/aromatic N) is 4. The normalized spacial score (nSPS) is 17.8. The zero-order chi connectivity index (χ0) is 16.4. The molecule has 0 spiro atoms. The third-order valence-electron chi connectivity index (χ3n) is 4.22. The Morgan fingerprint density at radius 2 is 2.21 bits per heavy atom. The Morgan fingerprint density at radius 1 is 1.25 bits per heavy atom. The summed E-state index contributed by atoms with van der Waals surface area (Å²) in [7, 11) is 0. The molecule has 0 radical (unpaired) electrons. The predicted octanol–water partition coefficient (Wildman–Crippen LogP) is 2.49. The smallest absolute Gasteiger partial charge is 0.271 e. The van der Waals surface area contributed by atoms with Gasteiger partial charge >= 0.3 is 0 Å². The molecule has 4 heterocycles. The van der Waals surface area contributed by atoms with E-state index in [4.69, 9.17) is 0 Å². The van der Waals surface area contributed by atoms with Gasteiger partial charge in [0.1, 0.15) is 5.69 Å². The van der Waals surface area contributed by atoms with Crippen LogP contribution in [0.5, 0.6) is 0 Å². The Morgan fingerprint density at radius 3 is 3.08 bits per heavy atom. The Kier molecular flexibility index (Phi) is 4.08. The van der Waals surface area contributed by atoms with Crippen molar-refractivity contribution in [3.63, 3.8) is 0 Å². The molecule has 0 saturated carbocycles. The molecule has 1 atom stereocenters. The highest BCUT2D eigenvalue weighted by molar-refractivity contribution is 7.17. The molecular weight excluding hydrogens is 322 g/mol. The van der Waals surface area contributed by atoms with E-state index in [0.717, 1.165) is 31.4 Å². The summed E-state index contributed by atoms with van der Waals surface area (Å²) in [6, 6.07) is 4.21. The number of pyridine rings is 1. The van der Waals surface area contributed by atoms with Crippen molar-refractivity contribution < 1.29 is 4.79 Å². The first-order chi connectivity index (χ1) is 11.8. The number of hydrogen-bond donors (Lipinski definition) is 1.